The average molecular weight is 255 g/mol. The molecule has 0 radical (unpaired) electrons. The number of benzene rings is 1. The van der Waals surface area contributed by atoms with Gasteiger partial charge in [0.15, 0.2) is 5.78 Å². The van der Waals surface area contributed by atoms with Crippen LogP contribution in [0.1, 0.15) is 37.0 Å². The highest BCUT2D eigenvalue weighted by molar-refractivity contribution is 5.96. The minimum atomic E-state index is -0.805. The van der Waals surface area contributed by atoms with Gasteiger partial charge in [0, 0.05) is 6.42 Å². The van der Waals surface area contributed by atoms with Gasteiger partial charge >= 0.3 is 0 Å². The van der Waals surface area contributed by atoms with Crippen molar-refractivity contribution in [1.82, 2.24) is 0 Å². The predicted octanol–water partition coefficient (Wildman–Crippen LogP) is 3.16. The van der Waals surface area contributed by atoms with E-state index in [-0.39, 0.29) is 12.3 Å². The molecule has 18 heavy (non-hydrogen) atoms. The summed E-state index contributed by atoms with van der Waals surface area (Å²) in [4.78, 5) is 11.9. The smallest absolute Gasteiger partial charge is 0.169 e. The fourth-order valence-electron chi connectivity index (χ4n) is 2.06. The van der Waals surface area contributed by atoms with E-state index in [9.17, 15) is 13.6 Å². The number of carbonyl (C=O) groups excluding carboxylic acids is 1. The van der Waals surface area contributed by atoms with Crippen LogP contribution in [0.5, 0.6) is 0 Å². The van der Waals surface area contributed by atoms with Crippen molar-refractivity contribution in [3.63, 3.8) is 0 Å². The minimum absolute atomic E-state index is 0.0310. The predicted molar refractivity (Wildman–Crippen MR) is 67.3 cm³/mol. The van der Waals surface area contributed by atoms with E-state index in [1.807, 2.05) is 13.8 Å². The molecule has 1 aromatic rings. The van der Waals surface area contributed by atoms with Crippen molar-refractivity contribution in [3.8, 4) is 0 Å². The Balaban J connectivity index is 2.81. The first-order chi connectivity index (χ1) is 8.45. The molecule has 0 spiro atoms. The number of Topliss-reactive ketones (excluding diaryl/α,β-unsaturated/α-hetero) is 1. The average Bonchev–Trinajstić information content (AvgIpc) is 2.27. The Kier molecular flexibility index (Phi) is 5.41. The van der Waals surface area contributed by atoms with E-state index in [4.69, 9.17) is 5.73 Å². The Labute approximate surface area is 106 Å². The SMILES string of the molecule is CC(C)CC(CN)CC(=O)c1c(F)cccc1F. The lowest BCUT2D eigenvalue weighted by Gasteiger charge is -2.16. The lowest BCUT2D eigenvalue weighted by Crippen LogP contribution is -2.21. The molecule has 0 saturated carbocycles. The number of halogens is 2. The van der Waals surface area contributed by atoms with Crippen LogP contribution >= 0.6 is 0 Å². The molecule has 0 aromatic heterocycles. The first kappa shape index (κ1) is 14.8. The molecule has 1 atom stereocenters. The number of rotatable bonds is 6. The lowest BCUT2D eigenvalue weighted by molar-refractivity contribution is 0.0949. The van der Waals surface area contributed by atoms with Gasteiger partial charge in [0.05, 0.1) is 5.56 Å². The van der Waals surface area contributed by atoms with Crippen molar-refractivity contribution in [2.24, 2.45) is 17.6 Å². The van der Waals surface area contributed by atoms with E-state index in [2.05, 4.69) is 0 Å². The van der Waals surface area contributed by atoms with Crippen LogP contribution in [0.4, 0.5) is 8.78 Å². The van der Waals surface area contributed by atoms with Crippen LogP contribution in [0, 0.1) is 23.5 Å². The number of hydrogen-bond acceptors (Lipinski definition) is 2. The molecule has 0 bridgehead atoms. The van der Waals surface area contributed by atoms with Gasteiger partial charge in [0.1, 0.15) is 11.6 Å². The van der Waals surface area contributed by atoms with Crippen molar-refractivity contribution in [2.45, 2.75) is 26.7 Å². The van der Waals surface area contributed by atoms with Crippen LogP contribution in [0.2, 0.25) is 0 Å². The largest absolute Gasteiger partial charge is 0.330 e. The van der Waals surface area contributed by atoms with Gasteiger partial charge in [-0.05, 0) is 36.9 Å². The Morgan fingerprint density at radius 2 is 1.83 bits per heavy atom. The van der Waals surface area contributed by atoms with Crippen LogP contribution in [0.25, 0.3) is 0 Å². The van der Waals surface area contributed by atoms with Gasteiger partial charge in [0.2, 0.25) is 0 Å². The van der Waals surface area contributed by atoms with Crippen LogP contribution in [0.3, 0.4) is 0 Å². The molecule has 0 aliphatic carbocycles. The summed E-state index contributed by atoms with van der Waals surface area (Å²) < 4.78 is 26.9. The third kappa shape index (κ3) is 3.88. The van der Waals surface area contributed by atoms with E-state index >= 15 is 0 Å². The van der Waals surface area contributed by atoms with Crippen LogP contribution in [-0.2, 0) is 0 Å². The first-order valence-electron chi connectivity index (χ1n) is 6.13. The normalized spacial score (nSPS) is 12.8. The summed E-state index contributed by atoms with van der Waals surface area (Å²) in [5.74, 6) is -1.75. The minimum Gasteiger partial charge on any atom is -0.330 e. The highest BCUT2D eigenvalue weighted by Gasteiger charge is 2.21. The molecule has 1 unspecified atom stereocenters. The first-order valence-corrected chi connectivity index (χ1v) is 6.13. The second-order valence-electron chi connectivity index (χ2n) is 4.96. The zero-order valence-corrected chi connectivity index (χ0v) is 10.7. The second-order valence-corrected chi connectivity index (χ2v) is 4.96. The van der Waals surface area contributed by atoms with E-state index in [1.165, 1.54) is 6.07 Å². The number of hydrogen-bond donors (Lipinski definition) is 1. The fourth-order valence-corrected chi connectivity index (χ4v) is 2.06. The quantitative estimate of drug-likeness (QED) is 0.793. The van der Waals surface area contributed by atoms with Crippen LogP contribution < -0.4 is 5.73 Å². The topological polar surface area (TPSA) is 43.1 Å². The maximum Gasteiger partial charge on any atom is 0.169 e. The summed E-state index contributed by atoms with van der Waals surface area (Å²) in [6, 6.07) is 3.43. The molecular formula is C14H19F2NO. The van der Waals surface area contributed by atoms with Crippen molar-refractivity contribution >= 4 is 5.78 Å². The summed E-state index contributed by atoms with van der Waals surface area (Å²) in [5.41, 5.74) is 5.14. The van der Waals surface area contributed by atoms with Crippen molar-refractivity contribution < 1.29 is 13.6 Å². The van der Waals surface area contributed by atoms with Crippen molar-refractivity contribution in [3.05, 3.63) is 35.4 Å². The molecule has 0 heterocycles. The molecule has 0 aliphatic heterocycles. The van der Waals surface area contributed by atoms with Gasteiger partial charge in [0.25, 0.3) is 0 Å². The molecule has 1 rings (SSSR count). The monoisotopic (exact) mass is 255 g/mol. The zero-order valence-electron chi connectivity index (χ0n) is 10.7. The summed E-state index contributed by atoms with van der Waals surface area (Å²) in [6.45, 7) is 4.40. The van der Waals surface area contributed by atoms with Gasteiger partial charge in [-0.25, -0.2) is 8.78 Å². The van der Waals surface area contributed by atoms with E-state index in [0.29, 0.717) is 12.5 Å². The maximum absolute atomic E-state index is 13.4. The summed E-state index contributed by atoms with van der Waals surface area (Å²) >= 11 is 0. The molecule has 4 heteroatoms. The molecule has 0 saturated heterocycles. The Morgan fingerprint density at radius 3 is 2.28 bits per heavy atom. The third-order valence-corrected chi connectivity index (χ3v) is 2.85. The van der Waals surface area contributed by atoms with Crippen LogP contribution in [0.15, 0.2) is 18.2 Å². The van der Waals surface area contributed by atoms with E-state index in [1.54, 1.807) is 0 Å². The Bertz CT molecular complexity index is 398. The van der Waals surface area contributed by atoms with Crippen LogP contribution in [-0.4, -0.2) is 12.3 Å². The van der Waals surface area contributed by atoms with Gasteiger partial charge in [-0.3, -0.25) is 4.79 Å². The number of ketones is 1. The Hall–Kier alpha value is -1.29. The zero-order chi connectivity index (χ0) is 13.7. The third-order valence-electron chi connectivity index (χ3n) is 2.85. The number of carbonyl (C=O) groups is 1. The molecule has 0 fully saturated rings. The maximum atomic E-state index is 13.4. The van der Waals surface area contributed by atoms with Gasteiger partial charge < -0.3 is 5.73 Å². The molecule has 2 N–H and O–H groups in total. The second kappa shape index (κ2) is 6.59. The molecule has 100 valence electrons. The number of nitrogens with two attached hydrogens (primary N) is 1. The van der Waals surface area contributed by atoms with Gasteiger partial charge in [-0.15, -0.1) is 0 Å². The molecule has 1 aromatic carbocycles. The standard InChI is InChI=1S/C14H19F2NO/c1-9(2)6-10(8-17)7-13(18)14-11(15)4-3-5-12(14)16/h3-5,9-10H,6-8,17H2,1-2H3. The van der Waals surface area contributed by atoms with Crippen molar-refractivity contribution in [2.75, 3.05) is 6.54 Å². The molecule has 0 amide bonds. The van der Waals surface area contributed by atoms with E-state index in [0.717, 1.165) is 18.6 Å². The summed E-state index contributed by atoms with van der Waals surface area (Å²) in [5, 5.41) is 0. The summed E-state index contributed by atoms with van der Waals surface area (Å²) in [7, 11) is 0. The fraction of sp³-hybridized carbons (Fsp3) is 0.500. The van der Waals surface area contributed by atoms with Crippen molar-refractivity contribution in [1.29, 1.82) is 0 Å². The highest BCUT2D eigenvalue weighted by Crippen LogP contribution is 2.20. The molecule has 0 aliphatic rings. The van der Waals surface area contributed by atoms with E-state index < -0.39 is 23.0 Å². The Morgan fingerprint density at radius 1 is 1.28 bits per heavy atom. The highest BCUT2D eigenvalue weighted by atomic mass is 19.1. The van der Waals surface area contributed by atoms with Gasteiger partial charge in [-0.2, -0.15) is 0 Å². The molecule has 2 nitrogen and oxygen atoms in total. The lowest BCUT2D eigenvalue weighted by atomic mass is 9.90. The molecular weight excluding hydrogens is 236 g/mol. The summed E-state index contributed by atoms with van der Waals surface area (Å²) in [6.07, 6.45) is 0.866. The van der Waals surface area contributed by atoms with Gasteiger partial charge in [-0.1, -0.05) is 19.9 Å².